The van der Waals surface area contributed by atoms with Gasteiger partial charge in [0.05, 0.1) is 18.5 Å². The van der Waals surface area contributed by atoms with Crippen LogP contribution < -0.4 is 5.73 Å². The fourth-order valence-electron chi connectivity index (χ4n) is 1.49. The lowest BCUT2D eigenvalue weighted by molar-refractivity contribution is -0.151. The van der Waals surface area contributed by atoms with Crippen LogP contribution in [0.3, 0.4) is 0 Å². The number of ether oxygens (including phenoxy) is 1. The van der Waals surface area contributed by atoms with Crippen molar-refractivity contribution >= 4 is 23.6 Å². The predicted molar refractivity (Wildman–Crippen MR) is 52.5 cm³/mol. The Morgan fingerprint density at radius 1 is 1.87 bits per heavy atom. The normalized spacial score (nSPS) is 33.5. The molecule has 2 rings (SSSR count). The third-order valence-electron chi connectivity index (χ3n) is 2.31. The molecule has 2 aliphatic rings. The van der Waals surface area contributed by atoms with E-state index in [1.807, 2.05) is 0 Å². The molecule has 0 aromatic rings. The van der Waals surface area contributed by atoms with E-state index in [1.165, 1.54) is 17.2 Å². The van der Waals surface area contributed by atoms with E-state index in [2.05, 4.69) is 0 Å². The van der Waals surface area contributed by atoms with Gasteiger partial charge in [-0.1, -0.05) is 11.8 Å². The van der Waals surface area contributed by atoms with E-state index in [4.69, 9.17) is 15.6 Å². The van der Waals surface area contributed by atoms with E-state index >= 15 is 0 Å². The van der Waals surface area contributed by atoms with E-state index in [1.54, 1.807) is 0 Å². The number of rotatable bonds is 3. The average Bonchev–Trinajstić information content (AvgIpc) is 2.16. The Balaban J connectivity index is 2.22. The van der Waals surface area contributed by atoms with Crippen molar-refractivity contribution in [2.45, 2.75) is 16.7 Å². The first kappa shape index (κ1) is 10.5. The minimum Gasteiger partial charge on any atom is -0.478 e. The van der Waals surface area contributed by atoms with Crippen molar-refractivity contribution in [3.63, 3.8) is 0 Å². The summed E-state index contributed by atoms with van der Waals surface area (Å²) < 4.78 is 5.04. The largest absolute Gasteiger partial charge is 0.478 e. The molecule has 6 nitrogen and oxygen atoms in total. The number of carboxylic acids is 1. The molecule has 82 valence electrons. The third-order valence-corrected chi connectivity index (χ3v) is 3.75. The summed E-state index contributed by atoms with van der Waals surface area (Å²) in [7, 11) is 0. The maximum Gasteiger partial charge on any atom is 0.351 e. The Morgan fingerprint density at radius 3 is 3.07 bits per heavy atom. The summed E-state index contributed by atoms with van der Waals surface area (Å²) in [6.45, 7) is -0.176. The highest BCUT2D eigenvalue weighted by Gasteiger charge is 2.50. The predicted octanol–water partition coefficient (Wildman–Crippen LogP) is -0.481. The molecule has 7 heteroatoms. The Kier molecular flexibility index (Phi) is 2.45. The topological polar surface area (TPSA) is 92.9 Å². The number of carbonyl (C=O) groups excluding carboxylic acids is 1. The molecule has 0 spiro atoms. The summed E-state index contributed by atoms with van der Waals surface area (Å²) in [5.41, 5.74) is 5.19. The molecule has 15 heavy (non-hydrogen) atoms. The van der Waals surface area contributed by atoms with Crippen LogP contribution in [0, 0.1) is 0 Å². The van der Waals surface area contributed by atoms with Crippen LogP contribution in [0.1, 0.15) is 6.42 Å². The van der Waals surface area contributed by atoms with Crippen molar-refractivity contribution in [2.75, 3.05) is 6.73 Å². The summed E-state index contributed by atoms with van der Waals surface area (Å²) in [4.78, 5) is 22.2. The number of nitrogens with zero attached hydrogens (tertiary/aromatic N) is 1. The number of aliphatic carboxylic acids is 1. The van der Waals surface area contributed by atoms with Crippen molar-refractivity contribution in [3.8, 4) is 0 Å². The Bertz CT molecular complexity index is 346. The number of nitrogens with two attached hydrogens (primary N) is 1. The van der Waals surface area contributed by atoms with Crippen LogP contribution in [0.5, 0.6) is 0 Å². The quantitative estimate of drug-likeness (QED) is 0.502. The molecule has 0 aromatic heterocycles. The summed E-state index contributed by atoms with van der Waals surface area (Å²) in [6.07, 6.45) is 3.15. The van der Waals surface area contributed by atoms with Crippen LogP contribution in [0.4, 0.5) is 0 Å². The number of β-lactam (4-membered cyclic amide) rings is 1. The minimum absolute atomic E-state index is 0.00418. The smallest absolute Gasteiger partial charge is 0.351 e. The van der Waals surface area contributed by atoms with E-state index in [0.717, 1.165) is 11.8 Å². The summed E-state index contributed by atoms with van der Waals surface area (Å²) >= 11 is 1.08. The maximum absolute atomic E-state index is 11.1. The van der Waals surface area contributed by atoms with E-state index in [9.17, 15) is 9.59 Å². The number of thioether (sulfide) groups is 1. The zero-order chi connectivity index (χ0) is 11.1. The molecule has 0 radical (unpaired) electrons. The Labute approximate surface area is 90.0 Å². The van der Waals surface area contributed by atoms with Crippen molar-refractivity contribution in [1.82, 2.24) is 4.90 Å². The molecule has 2 aliphatic heterocycles. The van der Waals surface area contributed by atoms with Crippen LogP contribution in [-0.2, 0) is 14.3 Å². The fourth-order valence-corrected chi connectivity index (χ4v) is 2.80. The molecule has 1 saturated heterocycles. The second-order valence-electron chi connectivity index (χ2n) is 3.18. The van der Waals surface area contributed by atoms with Crippen molar-refractivity contribution < 1.29 is 19.4 Å². The molecule has 1 fully saturated rings. The van der Waals surface area contributed by atoms with Crippen LogP contribution in [-0.4, -0.2) is 38.9 Å². The van der Waals surface area contributed by atoms with Gasteiger partial charge in [0.25, 0.3) is 0 Å². The van der Waals surface area contributed by atoms with E-state index in [0.29, 0.717) is 6.42 Å². The second kappa shape index (κ2) is 3.51. The van der Waals surface area contributed by atoms with Gasteiger partial charge in [-0.25, -0.2) is 4.79 Å². The van der Waals surface area contributed by atoms with Crippen LogP contribution in [0.2, 0.25) is 0 Å². The molecule has 2 atom stereocenters. The van der Waals surface area contributed by atoms with Gasteiger partial charge in [-0.2, -0.15) is 0 Å². The lowest BCUT2D eigenvalue weighted by Gasteiger charge is -2.44. The van der Waals surface area contributed by atoms with Crippen molar-refractivity contribution in [1.29, 1.82) is 0 Å². The van der Waals surface area contributed by atoms with E-state index in [-0.39, 0.29) is 18.0 Å². The number of carbonyl (C=O) groups is 2. The van der Waals surface area contributed by atoms with Crippen LogP contribution in [0.25, 0.3) is 0 Å². The van der Waals surface area contributed by atoms with E-state index < -0.39 is 10.9 Å². The molecule has 2 heterocycles. The van der Waals surface area contributed by atoms with Gasteiger partial charge in [0.15, 0.2) is 0 Å². The highest BCUT2D eigenvalue weighted by Crippen LogP contribution is 2.43. The first-order chi connectivity index (χ1) is 7.09. The highest BCUT2D eigenvalue weighted by atomic mass is 32.2. The van der Waals surface area contributed by atoms with Gasteiger partial charge in [0, 0.05) is 6.20 Å². The van der Waals surface area contributed by atoms with Gasteiger partial charge in [-0.15, -0.1) is 0 Å². The van der Waals surface area contributed by atoms with Gasteiger partial charge in [-0.05, 0) is 6.08 Å². The lowest BCUT2D eigenvalue weighted by atomic mass is 10.2. The van der Waals surface area contributed by atoms with Crippen molar-refractivity contribution in [3.05, 3.63) is 12.3 Å². The number of hydrogen-bond donors (Lipinski definition) is 2. The SMILES string of the molecule is NCOC1(C(=O)O)C=CN2C(=O)C[C@H]2S1. The second-order valence-corrected chi connectivity index (χ2v) is 4.56. The average molecular weight is 230 g/mol. The Hall–Kier alpha value is -1.05. The summed E-state index contributed by atoms with van der Waals surface area (Å²) in [6, 6.07) is 0. The van der Waals surface area contributed by atoms with Crippen LogP contribution >= 0.6 is 11.8 Å². The molecule has 0 saturated carbocycles. The molecular weight excluding hydrogens is 220 g/mol. The first-order valence-corrected chi connectivity index (χ1v) is 5.23. The number of carboxylic acid groups (broad SMARTS) is 1. The standard InChI is InChI=1S/C8H10N2O4S/c9-4-14-8(7(12)13)1-2-10-5(11)3-6(10)15-8/h1-2,6H,3-4,9H2,(H,12,13)/t6-,8?/m1/s1. The van der Waals surface area contributed by atoms with Crippen molar-refractivity contribution in [2.24, 2.45) is 5.73 Å². The monoisotopic (exact) mass is 230 g/mol. The van der Waals surface area contributed by atoms with Gasteiger partial charge in [0.1, 0.15) is 0 Å². The first-order valence-electron chi connectivity index (χ1n) is 4.35. The molecule has 0 bridgehead atoms. The molecule has 3 N–H and O–H groups in total. The molecule has 0 aromatic carbocycles. The van der Waals surface area contributed by atoms with Gasteiger partial charge in [-0.3, -0.25) is 4.79 Å². The molecular formula is C8H10N2O4S. The minimum atomic E-state index is -1.45. The Morgan fingerprint density at radius 2 is 2.60 bits per heavy atom. The molecule has 1 unspecified atom stereocenters. The zero-order valence-electron chi connectivity index (χ0n) is 7.75. The van der Waals surface area contributed by atoms with Gasteiger partial charge < -0.3 is 20.5 Å². The summed E-state index contributed by atoms with van der Waals surface area (Å²) in [5, 5.41) is 8.91. The highest BCUT2D eigenvalue weighted by molar-refractivity contribution is 8.02. The maximum atomic E-state index is 11.1. The summed E-state index contributed by atoms with van der Waals surface area (Å²) in [5.74, 6) is -1.11. The molecule has 1 amide bonds. The lowest BCUT2D eigenvalue weighted by Crippen LogP contribution is -2.54. The number of amides is 1. The third kappa shape index (κ3) is 1.52. The number of hydrogen-bond acceptors (Lipinski definition) is 5. The van der Waals surface area contributed by atoms with Crippen LogP contribution in [0.15, 0.2) is 12.3 Å². The van der Waals surface area contributed by atoms with Gasteiger partial charge >= 0.3 is 5.97 Å². The fraction of sp³-hybridized carbons (Fsp3) is 0.500. The number of fused-ring (bicyclic) bond motifs is 1. The molecule has 0 aliphatic carbocycles. The zero-order valence-corrected chi connectivity index (χ0v) is 8.57. The van der Waals surface area contributed by atoms with Gasteiger partial charge in [0.2, 0.25) is 10.8 Å².